The SMILES string of the molecule is COc1cccc(C(C)(O)C(C)(C)C#N)c1. The molecule has 0 amide bonds. The minimum Gasteiger partial charge on any atom is -0.497 e. The summed E-state index contributed by atoms with van der Waals surface area (Å²) in [6.07, 6.45) is 0. The van der Waals surface area contributed by atoms with Crippen molar-refractivity contribution in [1.82, 2.24) is 0 Å². The van der Waals surface area contributed by atoms with E-state index in [1.807, 2.05) is 0 Å². The van der Waals surface area contributed by atoms with Gasteiger partial charge in [0.25, 0.3) is 0 Å². The molecular formula is C13H17NO2. The number of methoxy groups -OCH3 is 1. The quantitative estimate of drug-likeness (QED) is 0.849. The minimum atomic E-state index is -1.21. The van der Waals surface area contributed by atoms with Gasteiger partial charge in [-0.05, 0) is 38.5 Å². The molecule has 0 aliphatic rings. The number of hydrogen-bond acceptors (Lipinski definition) is 3. The number of hydrogen-bond donors (Lipinski definition) is 1. The molecule has 0 heterocycles. The molecule has 3 nitrogen and oxygen atoms in total. The third-order valence-electron chi connectivity index (χ3n) is 3.13. The minimum absolute atomic E-state index is 0.673. The monoisotopic (exact) mass is 219 g/mol. The van der Waals surface area contributed by atoms with Crippen molar-refractivity contribution in [3.63, 3.8) is 0 Å². The summed E-state index contributed by atoms with van der Waals surface area (Å²) >= 11 is 0. The summed E-state index contributed by atoms with van der Waals surface area (Å²) in [5, 5.41) is 19.5. The molecule has 16 heavy (non-hydrogen) atoms. The molecule has 0 saturated heterocycles. The van der Waals surface area contributed by atoms with E-state index >= 15 is 0 Å². The van der Waals surface area contributed by atoms with Gasteiger partial charge in [-0.1, -0.05) is 12.1 Å². The lowest BCUT2D eigenvalue weighted by molar-refractivity contribution is -0.0268. The molecular weight excluding hydrogens is 202 g/mol. The maximum atomic E-state index is 10.5. The molecule has 0 bridgehead atoms. The molecule has 1 rings (SSSR count). The summed E-state index contributed by atoms with van der Waals surface area (Å²) < 4.78 is 5.10. The Morgan fingerprint density at radius 1 is 1.31 bits per heavy atom. The zero-order chi connectivity index (χ0) is 12.4. The smallest absolute Gasteiger partial charge is 0.119 e. The van der Waals surface area contributed by atoms with Gasteiger partial charge in [0.15, 0.2) is 0 Å². The Morgan fingerprint density at radius 2 is 1.94 bits per heavy atom. The lowest BCUT2D eigenvalue weighted by atomic mass is 9.73. The first-order chi connectivity index (χ1) is 7.35. The van der Waals surface area contributed by atoms with Gasteiger partial charge >= 0.3 is 0 Å². The number of rotatable bonds is 3. The van der Waals surface area contributed by atoms with Gasteiger partial charge in [-0.2, -0.15) is 5.26 Å². The van der Waals surface area contributed by atoms with Gasteiger partial charge in [0, 0.05) is 0 Å². The molecule has 0 spiro atoms. The second-order valence-electron chi connectivity index (χ2n) is 4.54. The highest BCUT2D eigenvalue weighted by Gasteiger charge is 2.41. The zero-order valence-corrected chi connectivity index (χ0v) is 10.1. The molecule has 1 aromatic rings. The summed E-state index contributed by atoms with van der Waals surface area (Å²) in [4.78, 5) is 0. The van der Waals surface area contributed by atoms with Crippen LogP contribution in [0.5, 0.6) is 5.75 Å². The van der Waals surface area contributed by atoms with Crippen LogP contribution in [0.2, 0.25) is 0 Å². The largest absolute Gasteiger partial charge is 0.497 e. The predicted molar refractivity (Wildman–Crippen MR) is 62.0 cm³/mol. The van der Waals surface area contributed by atoms with E-state index in [1.165, 1.54) is 0 Å². The van der Waals surface area contributed by atoms with Crippen LogP contribution in [0, 0.1) is 16.7 Å². The lowest BCUT2D eigenvalue weighted by Gasteiger charge is -2.35. The van der Waals surface area contributed by atoms with Crippen LogP contribution in [0.3, 0.4) is 0 Å². The molecule has 0 aliphatic heterocycles. The van der Waals surface area contributed by atoms with E-state index in [-0.39, 0.29) is 0 Å². The number of nitriles is 1. The maximum Gasteiger partial charge on any atom is 0.119 e. The number of benzene rings is 1. The first kappa shape index (κ1) is 12.5. The van der Waals surface area contributed by atoms with Gasteiger partial charge in [0.05, 0.1) is 18.6 Å². The summed E-state index contributed by atoms with van der Waals surface area (Å²) in [5.41, 5.74) is -1.39. The van der Waals surface area contributed by atoms with Crippen molar-refractivity contribution in [1.29, 1.82) is 5.26 Å². The Kier molecular flexibility index (Phi) is 3.25. The van der Waals surface area contributed by atoms with Crippen molar-refractivity contribution >= 4 is 0 Å². The van der Waals surface area contributed by atoms with Gasteiger partial charge in [-0.3, -0.25) is 0 Å². The van der Waals surface area contributed by atoms with E-state index in [4.69, 9.17) is 10.00 Å². The van der Waals surface area contributed by atoms with Crippen LogP contribution in [0.1, 0.15) is 26.3 Å². The zero-order valence-electron chi connectivity index (χ0n) is 10.1. The van der Waals surface area contributed by atoms with Crippen molar-refractivity contribution < 1.29 is 9.84 Å². The van der Waals surface area contributed by atoms with E-state index < -0.39 is 11.0 Å². The van der Waals surface area contributed by atoms with Crippen molar-refractivity contribution in [2.45, 2.75) is 26.4 Å². The molecule has 0 aliphatic carbocycles. The van der Waals surface area contributed by atoms with Gasteiger partial charge < -0.3 is 9.84 Å². The average Bonchev–Trinajstić information content (AvgIpc) is 2.28. The Balaban J connectivity index is 3.22. The van der Waals surface area contributed by atoms with Gasteiger partial charge in [0.2, 0.25) is 0 Å². The van der Waals surface area contributed by atoms with E-state index in [1.54, 1.807) is 52.1 Å². The molecule has 0 radical (unpaired) electrons. The van der Waals surface area contributed by atoms with Crippen molar-refractivity contribution in [3.8, 4) is 11.8 Å². The molecule has 0 saturated carbocycles. The van der Waals surface area contributed by atoms with Crippen LogP contribution in [-0.2, 0) is 5.60 Å². The second-order valence-corrected chi connectivity index (χ2v) is 4.54. The molecule has 1 N–H and O–H groups in total. The fraction of sp³-hybridized carbons (Fsp3) is 0.462. The fourth-order valence-electron chi connectivity index (χ4n) is 1.40. The van der Waals surface area contributed by atoms with Crippen LogP contribution < -0.4 is 4.74 Å². The summed E-state index contributed by atoms with van der Waals surface area (Å²) in [6.45, 7) is 5.07. The average molecular weight is 219 g/mol. The maximum absolute atomic E-state index is 10.5. The highest BCUT2D eigenvalue weighted by molar-refractivity contribution is 5.34. The van der Waals surface area contributed by atoms with Crippen molar-refractivity contribution in [2.75, 3.05) is 7.11 Å². The van der Waals surface area contributed by atoms with E-state index in [0.29, 0.717) is 11.3 Å². The lowest BCUT2D eigenvalue weighted by Crippen LogP contribution is -2.38. The van der Waals surface area contributed by atoms with Crippen LogP contribution in [-0.4, -0.2) is 12.2 Å². The Bertz CT molecular complexity index is 416. The normalized spacial score (nSPS) is 15.0. The summed E-state index contributed by atoms with van der Waals surface area (Å²) in [5.74, 6) is 0.673. The van der Waals surface area contributed by atoms with Gasteiger partial charge in [-0.15, -0.1) is 0 Å². The highest BCUT2D eigenvalue weighted by atomic mass is 16.5. The summed E-state index contributed by atoms with van der Waals surface area (Å²) in [6, 6.07) is 9.28. The molecule has 0 fully saturated rings. The molecule has 3 heteroatoms. The molecule has 1 aromatic carbocycles. The molecule has 0 aromatic heterocycles. The number of ether oxygens (including phenoxy) is 1. The first-order valence-corrected chi connectivity index (χ1v) is 5.13. The summed E-state index contributed by atoms with van der Waals surface area (Å²) in [7, 11) is 1.57. The van der Waals surface area contributed by atoms with E-state index in [9.17, 15) is 5.11 Å². The van der Waals surface area contributed by atoms with Gasteiger partial charge in [-0.25, -0.2) is 0 Å². The Morgan fingerprint density at radius 3 is 2.44 bits per heavy atom. The topological polar surface area (TPSA) is 53.2 Å². The third-order valence-corrected chi connectivity index (χ3v) is 3.13. The van der Waals surface area contributed by atoms with Crippen molar-refractivity contribution in [3.05, 3.63) is 29.8 Å². The predicted octanol–water partition coefficient (Wildman–Crippen LogP) is 2.45. The Labute approximate surface area is 96.3 Å². The third kappa shape index (κ3) is 2.02. The van der Waals surface area contributed by atoms with Crippen LogP contribution in [0.15, 0.2) is 24.3 Å². The van der Waals surface area contributed by atoms with Crippen molar-refractivity contribution in [2.24, 2.45) is 5.41 Å². The van der Waals surface area contributed by atoms with Gasteiger partial charge in [0.1, 0.15) is 11.4 Å². The highest BCUT2D eigenvalue weighted by Crippen LogP contribution is 2.39. The number of aliphatic hydroxyl groups is 1. The van der Waals surface area contributed by atoms with Crippen LogP contribution in [0.4, 0.5) is 0 Å². The van der Waals surface area contributed by atoms with Crippen LogP contribution in [0.25, 0.3) is 0 Å². The molecule has 1 unspecified atom stereocenters. The number of nitrogens with zero attached hydrogens (tertiary/aromatic N) is 1. The second kappa shape index (κ2) is 4.15. The first-order valence-electron chi connectivity index (χ1n) is 5.13. The fourth-order valence-corrected chi connectivity index (χ4v) is 1.40. The Hall–Kier alpha value is -1.53. The standard InChI is InChI=1S/C13H17NO2/c1-12(2,9-14)13(3,15)10-6-5-7-11(8-10)16-4/h5-8,15H,1-4H3. The van der Waals surface area contributed by atoms with Crippen LogP contribution >= 0.6 is 0 Å². The molecule has 1 atom stereocenters. The van der Waals surface area contributed by atoms with E-state index in [0.717, 1.165) is 0 Å². The van der Waals surface area contributed by atoms with E-state index in [2.05, 4.69) is 6.07 Å². The molecule has 86 valence electrons.